The average Bonchev–Trinajstić information content (AvgIpc) is 2.92. The Balaban J connectivity index is 2.00. The summed E-state index contributed by atoms with van der Waals surface area (Å²) in [6.45, 7) is 6.68. The predicted molar refractivity (Wildman–Crippen MR) is 83.7 cm³/mol. The van der Waals surface area contributed by atoms with Crippen LogP contribution in [0.1, 0.15) is 41.4 Å². The molecular weight excluding hydrogens is 334 g/mol. The number of halogens is 1. The summed E-state index contributed by atoms with van der Waals surface area (Å²) in [5.74, 6) is 0.670. The van der Waals surface area contributed by atoms with Gasteiger partial charge in [0.1, 0.15) is 0 Å². The van der Waals surface area contributed by atoms with E-state index in [9.17, 15) is 4.79 Å². The molecule has 7 heteroatoms. The molecule has 1 aliphatic heterocycles. The SMILES string of the molecule is CCn1nc(Br)nc1Nc1cc2c(cc1C)C(=O)NC2C. The van der Waals surface area contributed by atoms with Crippen LogP contribution < -0.4 is 10.6 Å². The lowest BCUT2D eigenvalue weighted by molar-refractivity contribution is 0.0958. The van der Waals surface area contributed by atoms with Crippen molar-refractivity contribution in [2.24, 2.45) is 0 Å². The standard InChI is InChI=1S/C14H16BrN5O/c1-4-20-14(18-13(15)19-20)17-11-6-9-8(3)16-12(21)10(9)5-7(11)2/h5-6,8H,4H2,1-3H3,(H,16,21)(H,17,18,19). The van der Waals surface area contributed by atoms with Crippen LogP contribution in [0.4, 0.5) is 11.6 Å². The van der Waals surface area contributed by atoms with Crippen LogP contribution in [0.15, 0.2) is 16.9 Å². The second-order valence-electron chi connectivity index (χ2n) is 5.09. The first kappa shape index (κ1) is 14.1. The van der Waals surface area contributed by atoms with Crippen LogP contribution in [-0.4, -0.2) is 20.7 Å². The Labute approximate surface area is 131 Å². The maximum Gasteiger partial charge on any atom is 0.252 e. The third-order valence-electron chi connectivity index (χ3n) is 3.65. The van der Waals surface area contributed by atoms with Gasteiger partial charge in [-0.15, -0.1) is 5.10 Å². The first-order chi connectivity index (χ1) is 9.99. The minimum atomic E-state index is -0.00776. The molecule has 2 N–H and O–H groups in total. The molecule has 0 aliphatic carbocycles. The summed E-state index contributed by atoms with van der Waals surface area (Å²) in [7, 11) is 0. The third kappa shape index (κ3) is 2.42. The van der Waals surface area contributed by atoms with Crippen LogP contribution in [0.3, 0.4) is 0 Å². The van der Waals surface area contributed by atoms with Crippen molar-refractivity contribution in [3.63, 3.8) is 0 Å². The summed E-state index contributed by atoms with van der Waals surface area (Å²) in [6.07, 6.45) is 0. The Hall–Kier alpha value is -1.89. The van der Waals surface area contributed by atoms with Gasteiger partial charge < -0.3 is 10.6 Å². The van der Waals surface area contributed by atoms with E-state index >= 15 is 0 Å². The number of carbonyl (C=O) groups excluding carboxylic acids is 1. The fourth-order valence-corrected chi connectivity index (χ4v) is 2.87. The van der Waals surface area contributed by atoms with Gasteiger partial charge in [0.2, 0.25) is 10.7 Å². The Morgan fingerprint density at radius 1 is 1.48 bits per heavy atom. The summed E-state index contributed by atoms with van der Waals surface area (Å²) in [6, 6.07) is 3.96. The lowest BCUT2D eigenvalue weighted by Gasteiger charge is -2.12. The van der Waals surface area contributed by atoms with Crippen LogP contribution >= 0.6 is 15.9 Å². The number of aromatic nitrogens is 3. The molecule has 1 amide bonds. The second-order valence-corrected chi connectivity index (χ2v) is 5.80. The molecule has 2 aromatic rings. The van der Waals surface area contributed by atoms with E-state index in [2.05, 4.69) is 36.6 Å². The monoisotopic (exact) mass is 349 g/mol. The van der Waals surface area contributed by atoms with Crippen molar-refractivity contribution in [2.45, 2.75) is 33.4 Å². The zero-order valence-electron chi connectivity index (χ0n) is 12.1. The van der Waals surface area contributed by atoms with Crippen molar-refractivity contribution in [1.29, 1.82) is 0 Å². The van der Waals surface area contributed by atoms with E-state index in [1.54, 1.807) is 4.68 Å². The normalized spacial score (nSPS) is 16.8. The van der Waals surface area contributed by atoms with Crippen LogP contribution in [0.2, 0.25) is 0 Å². The number of hydrogen-bond acceptors (Lipinski definition) is 4. The van der Waals surface area contributed by atoms with Gasteiger partial charge in [-0.3, -0.25) is 4.79 Å². The van der Waals surface area contributed by atoms with Gasteiger partial charge >= 0.3 is 0 Å². The molecule has 6 nitrogen and oxygen atoms in total. The molecule has 21 heavy (non-hydrogen) atoms. The highest BCUT2D eigenvalue weighted by Crippen LogP contribution is 2.31. The number of carbonyl (C=O) groups is 1. The topological polar surface area (TPSA) is 71.8 Å². The van der Waals surface area contributed by atoms with Gasteiger partial charge in [0.05, 0.1) is 6.04 Å². The number of hydrogen-bond donors (Lipinski definition) is 2. The summed E-state index contributed by atoms with van der Waals surface area (Å²) >= 11 is 3.29. The molecule has 1 aromatic heterocycles. The number of amides is 1. The Morgan fingerprint density at radius 3 is 2.95 bits per heavy atom. The second kappa shape index (κ2) is 5.14. The molecule has 1 aromatic carbocycles. The maximum atomic E-state index is 11.8. The van der Waals surface area contributed by atoms with Crippen LogP contribution in [0.25, 0.3) is 0 Å². The Bertz CT molecular complexity index is 724. The van der Waals surface area contributed by atoms with Crippen LogP contribution in [0, 0.1) is 6.92 Å². The zero-order valence-corrected chi connectivity index (χ0v) is 13.7. The molecule has 2 heterocycles. The third-order valence-corrected chi connectivity index (χ3v) is 3.98. The lowest BCUT2D eigenvalue weighted by Crippen LogP contribution is -2.16. The Kier molecular flexibility index (Phi) is 3.44. The summed E-state index contributed by atoms with van der Waals surface area (Å²) in [5.41, 5.74) is 3.70. The fraction of sp³-hybridized carbons (Fsp3) is 0.357. The Morgan fingerprint density at radius 2 is 2.24 bits per heavy atom. The van der Waals surface area contributed by atoms with Crippen molar-refractivity contribution >= 4 is 33.5 Å². The molecule has 1 unspecified atom stereocenters. The predicted octanol–water partition coefficient (Wildman–Crippen LogP) is 2.92. The van der Waals surface area contributed by atoms with Gasteiger partial charge in [0.25, 0.3) is 5.91 Å². The number of nitrogens with one attached hydrogen (secondary N) is 2. The molecular formula is C14H16BrN5O. The number of nitrogens with zero attached hydrogens (tertiary/aromatic N) is 3. The van der Waals surface area contributed by atoms with Gasteiger partial charge in [0, 0.05) is 17.8 Å². The van der Waals surface area contributed by atoms with Crippen LogP contribution in [-0.2, 0) is 6.54 Å². The minimum Gasteiger partial charge on any atom is -0.345 e. The number of rotatable bonds is 3. The van der Waals surface area contributed by atoms with Gasteiger partial charge in [-0.05, 0) is 60.0 Å². The average molecular weight is 350 g/mol. The molecule has 110 valence electrons. The summed E-state index contributed by atoms with van der Waals surface area (Å²) in [4.78, 5) is 16.2. The number of aryl methyl sites for hydroxylation is 2. The number of anilines is 2. The molecule has 1 aliphatic rings. The maximum absolute atomic E-state index is 11.8. The minimum absolute atomic E-state index is 0.00776. The first-order valence-electron chi connectivity index (χ1n) is 6.82. The van der Waals surface area contributed by atoms with Gasteiger partial charge in [-0.25, -0.2) is 4.68 Å². The first-order valence-corrected chi connectivity index (χ1v) is 7.61. The number of fused-ring (bicyclic) bond motifs is 1. The summed E-state index contributed by atoms with van der Waals surface area (Å²) < 4.78 is 2.33. The van der Waals surface area contributed by atoms with E-state index in [1.807, 2.05) is 32.9 Å². The molecule has 0 saturated carbocycles. The van der Waals surface area contributed by atoms with E-state index in [1.165, 1.54) is 0 Å². The van der Waals surface area contributed by atoms with Gasteiger partial charge in [-0.2, -0.15) is 4.98 Å². The molecule has 1 atom stereocenters. The molecule has 0 saturated heterocycles. The van der Waals surface area contributed by atoms with Crippen molar-refractivity contribution in [2.75, 3.05) is 5.32 Å². The van der Waals surface area contributed by atoms with Gasteiger partial charge in [-0.1, -0.05) is 0 Å². The molecule has 3 rings (SSSR count). The van der Waals surface area contributed by atoms with Gasteiger partial charge in [0.15, 0.2) is 0 Å². The largest absolute Gasteiger partial charge is 0.345 e. The quantitative estimate of drug-likeness (QED) is 0.893. The van der Waals surface area contributed by atoms with Crippen molar-refractivity contribution in [3.8, 4) is 0 Å². The highest BCUT2D eigenvalue weighted by Gasteiger charge is 2.26. The summed E-state index contributed by atoms with van der Waals surface area (Å²) in [5, 5.41) is 10.5. The van der Waals surface area contributed by atoms with E-state index in [0.29, 0.717) is 10.7 Å². The highest BCUT2D eigenvalue weighted by atomic mass is 79.9. The van der Waals surface area contributed by atoms with Crippen molar-refractivity contribution in [3.05, 3.63) is 33.6 Å². The molecule has 0 spiro atoms. The molecule has 0 fully saturated rings. The highest BCUT2D eigenvalue weighted by molar-refractivity contribution is 9.10. The van der Waals surface area contributed by atoms with Crippen molar-refractivity contribution in [1.82, 2.24) is 20.1 Å². The fourth-order valence-electron chi connectivity index (χ4n) is 2.51. The van der Waals surface area contributed by atoms with E-state index in [0.717, 1.165) is 28.9 Å². The van der Waals surface area contributed by atoms with E-state index in [4.69, 9.17) is 0 Å². The zero-order chi connectivity index (χ0) is 15.1. The number of benzene rings is 1. The van der Waals surface area contributed by atoms with Crippen molar-refractivity contribution < 1.29 is 4.79 Å². The smallest absolute Gasteiger partial charge is 0.252 e. The molecule has 0 radical (unpaired) electrons. The van der Waals surface area contributed by atoms with E-state index in [-0.39, 0.29) is 11.9 Å². The lowest BCUT2D eigenvalue weighted by atomic mass is 10.0. The van der Waals surface area contributed by atoms with E-state index < -0.39 is 0 Å². The van der Waals surface area contributed by atoms with Crippen LogP contribution in [0.5, 0.6) is 0 Å². The molecule has 0 bridgehead atoms.